The van der Waals surface area contributed by atoms with Crippen LogP contribution in [0.2, 0.25) is 0 Å². The molecule has 0 spiro atoms. The van der Waals surface area contributed by atoms with E-state index in [2.05, 4.69) is 17.3 Å². The summed E-state index contributed by atoms with van der Waals surface area (Å²) in [7, 11) is 0. The molecular weight excluding hydrogens is 244 g/mol. The lowest BCUT2D eigenvalue weighted by Gasteiger charge is -2.38. The number of aromatic nitrogens is 2. The number of nitrogens with zero attached hydrogens (tertiary/aromatic N) is 3. The maximum absolute atomic E-state index is 11.2. The molecule has 19 heavy (non-hydrogen) atoms. The summed E-state index contributed by atoms with van der Waals surface area (Å²) in [5.41, 5.74) is 0.852. The molecule has 0 aliphatic heterocycles. The Morgan fingerprint density at radius 1 is 1.53 bits per heavy atom. The highest BCUT2D eigenvalue weighted by Crippen LogP contribution is 2.41. The van der Waals surface area contributed by atoms with E-state index in [0.717, 1.165) is 6.54 Å². The average molecular weight is 266 g/mol. The highest BCUT2D eigenvalue weighted by Gasteiger charge is 2.33. The summed E-state index contributed by atoms with van der Waals surface area (Å²) in [6, 6.07) is 0.101. The first kappa shape index (κ1) is 13.8. The Balaban J connectivity index is 2.27. The number of aryl methyl sites for hydroxylation is 1. The maximum atomic E-state index is 11.2. The van der Waals surface area contributed by atoms with Crippen LogP contribution in [-0.2, 0) is 0 Å². The van der Waals surface area contributed by atoms with Crippen molar-refractivity contribution in [3.63, 3.8) is 0 Å². The van der Waals surface area contributed by atoms with E-state index < -0.39 is 0 Å². The molecule has 6 nitrogen and oxygen atoms in total. The normalized spacial score (nSPS) is 17.3. The molecule has 1 aliphatic rings. The largest absolute Gasteiger partial charge is 0.364 e. The fourth-order valence-electron chi connectivity index (χ4n) is 2.55. The van der Waals surface area contributed by atoms with Crippen LogP contribution >= 0.6 is 0 Å². The molecule has 0 atom stereocenters. The van der Waals surface area contributed by atoms with Crippen molar-refractivity contribution in [3.8, 4) is 0 Å². The molecular formula is C13H22N4O2. The van der Waals surface area contributed by atoms with Crippen molar-refractivity contribution in [1.82, 2.24) is 9.78 Å². The van der Waals surface area contributed by atoms with Crippen LogP contribution < -0.4 is 5.32 Å². The van der Waals surface area contributed by atoms with Gasteiger partial charge in [0.1, 0.15) is 5.69 Å². The fraction of sp³-hybridized carbons (Fsp3) is 0.769. The van der Waals surface area contributed by atoms with Crippen LogP contribution in [0, 0.1) is 22.5 Å². The zero-order valence-corrected chi connectivity index (χ0v) is 12.1. The average Bonchev–Trinajstić information content (AvgIpc) is 2.61. The van der Waals surface area contributed by atoms with Crippen LogP contribution in [0.3, 0.4) is 0 Å². The summed E-state index contributed by atoms with van der Waals surface area (Å²) in [5, 5.41) is 18.8. The second kappa shape index (κ2) is 4.83. The van der Waals surface area contributed by atoms with Gasteiger partial charge in [-0.05, 0) is 39.0 Å². The summed E-state index contributed by atoms with van der Waals surface area (Å²) in [5.74, 6) is 0.547. The maximum Gasteiger partial charge on any atom is 0.333 e. The Morgan fingerprint density at radius 2 is 2.16 bits per heavy atom. The van der Waals surface area contributed by atoms with Gasteiger partial charge in [-0.3, -0.25) is 10.1 Å². The van der Waals surface area contributed by atoms with Crippen molar-refractivity contribution < 1.29 is 4.92 Å². The molecule has 1 fully saturated rings. The third-order valence-corrected chi connectivity index (χ3v) is 3.97. The van der Waals surface area contributed by atoms with E-state index in [1.807, 2.05) is 13.8 Å². The molecule has 1 N–H and O–H groups in total. The van der Waals surface area contributed by atoms with Crippen LogP contribution in [0.25, 0.3) is 0 Å². The van der Waals surface area contributed by atoms with Crippen LogP contribution in [0.4, 0.5) is 11.5 Å². The van der Waals surface area contributed by atoms with Gasteiger partial charge in [0.25, 0.3) is 0 Å². The minimum Gasteiger partial charge on any atom is -0.364 e. The number of nitro groups is 1. The van der Waals surface area contributed by atoms with E-state index in [4.69, 9.17) is 0 Å². The highest BCUT2D eigenvalue weighted by molar-refractivity contribution is 5.59. The molecule has 1 saturated carbocycles. The van der Waals surface area contributed by atoms with Gasteiger partial charge in [-0.1, -0.05) is 13.3 Å². The van der Waals surface area contributed by atoms with Gasteiger partial charge in [0, 0.05) is 12.6 Å². The van der Waals surface area contributed by atoms with Gasteiger partial charge in [0.15, 0.2) is 0 Å². The topological polar surface area (TPSA) is 73.0 Å². The third-order valence-electron chi connectivity index (χ3n) is 3.97. The van der Waals surface area contributed by atoms with Crippen molar-refractivity contribution in [2.75, 3.05) is 11.9 Å². The third kappa shape index (κ3) is 2.57. The molecule has 106 valence electrons. The molecule has 0 radical (unpaired) electrons. The standard InChI is InChI=1S/C13H22N4O2/c1-9(2)16-12(11(17(18)19)10(3)15-16)14-8-13(4)6-5-7-13/h9,14H,5-8H2,1-4H3. The molecule has 1 aliphatic carbocycles. The van der Waals surface area contributed by atoms with E-state index in [9.17, 15) is 10.1 Å². The number of nitrogens with one attached hydrogen (secondary N) is 1. The minimum absolute atomic E-state index is 0.101. The van der Waals surface area contributed by atoms with E-state index >= 15 is 0 Å². The number of rotatable bonds is 5. The zero-order valence-electron chi connectivity index (χ0n) is 12.1. The van der Waals surface area contributed by atoms with Gasteiger partial charge < -0.3 is 5.32 Å². The van der Waals surface area contributed by atoms with Gasteiger partial charge in [-0.2, -0.15) is 5.10 Å². The molecule has 1 aromatic rings. The Hall–Kier alpha value is -1.59. The fourth-order valence-corrected chi connectivity index (χ4v) is 2.55. The number of hydrogen-bond donors (Lipinski definition) is 1. The zero-order chi connectivity index (χ0) is 14.2. The minimum atomic E-state index is -0.341. The molecule has 1 heterocycles. The van der Waals surface area contributed by atoms with Crippen molar-refractivity contribution >= 4 is 11.5 Å². The number of anilines is 1. The van der Waals surface area contributed by atoms with Crippen LogP contribution in [-0.4, -0.2) is 21.2 Å². The molecule has 0 saturated heterocycles. The van der Waals surface area contributed by atoms with Gasteiger partial charge in [0.05, 0.1) is 4.92 Å². The van der Waals surface area contributed by atoms with E-state index in [0.29, 0.717) is 11.5 Å². The highest BCUT2D eigenvalue weighted by atomic mass is 16.6. The van der Waals surface area contributed by atoms with Crippen LogP contribution in [0.5, 0.6) is 0 Å². The molecule has 6 heteroatoms. The van der Waals surface area contributed by atoms with Gasteiger partial charge in [-0.15, -0.1) is 0 Å². The summed E-state index contributed by atoms with van der Waals surface area (Å²) in [6.07, 6.45) is 3.62. The van der Waals surface area contributed by atoms with Gasteiger partial charge in [0.2, 0.25) is 5.82 Å². The van der Waals surface area contributed by atoms with E-state index in [1.165, 1.54) is 19.3 Å². The quantitative estimate of drug-likeness (QED) is 0.655. The lowest BCUT2D eigenvalue weighted by Crippen LogP contribution is -2.34. The lowest BCUT2D eigenvalue weighted by atomic mass is 9.70. The Kier molecular flexibility index (Phi) is 3.52. The van der Waals surface area contributed by atoms with Crippen LogP contribution in [0.1, 0.15) is 51.8 Å². The molecule has 0 bridgehead atoms. The Labute approximate surface area is 113 Å². The molecule has 0 amide bonds. The van der Waals surface area contributed by atoms with Crippen LogP contribution in [0.15, 0.2) is 0 Å². The summed E-state index contributed by atoms with van der Waals surface area (Å²) >= 11 is 0. The second-order valence-corrected chi connectivity index (χ2v) is 6.10. The smallest absolute Gasteiger partial charge is 0.333 e. The molecule has 0 unspecified atom stereocenters. The predicted molar refractivity (Wildman–Crippen MR) is 74.5 cm³/mol. The van der Waals surface area contributed by atoms with Crippen molar-refractivity contribution in [3.05, 3.63) is 15.8 Å². The predicted octanol–water partition coefficient (Wildman–Crippen LogP) is 3.28. The van der Waals surface area contributed by atoms with Crippen molar-refractivity contribution in [2.24, 2.45) is 5.41 Å². The first-order valence-corrected chi connectivity index (χ1v) is 6.81. The summed E-state index contributed by atoms with van der Waals surface area (Å²) in [6.45, 7) is 8.63. The molecule has 1 aromatic heterocycles. The second-order valence-electron chi connectivity index (χ2n) is 6.10. The van der Waals surface area contributed by atoms with E-state index in [1.54, 1.807) is 11.6 Å². The monoisotopic (exact) mass is 266 g/mol. The Morgan fingerprint density at radius 3 is 2.58 bits per heavy atom. The Bertz CT molecular complexity index is 489. The first-order chi connectivity index (χ1) is 8.84. The first-order valence-electron chi connectivity index (χ1n) is 6.81. The lowest BCUT2D eigenvalue weighted by molar-refractivity contribution is -0.384. The number of hydrogen-bond acceptors (Lipinski definition) is 4. The van der Waals surface area contributed by atoms with Crippen molar-refractivity contribution in [2.45, 2.75) is 53.0 Å². The molecule has 0 aromatic carbocycles. The summed E-state index contributed by atoms with van der Waals surface area (Å²) in [4.78, 5) is 10.9. The molecule has 2 rings (SSSR count). The van der Waals surface area contributed by atoms with E-state index in [-0.39, 0.29) is 22.1 Å². The SMILES string of the molecule is Cc1nn(C(C)C)c(NCC2(C)CCC2)c1[N+](=O)[O-]. The van der Waals surface area contributed by atoms with Gasteiger partial charge >= 0.3 is 5.69 Å². The van der Waals surface area contributed by atoms with Gasteiger partial charge in [-0.25, -0.2) is 4.68 Å². The van der Waals surface area contributed by atoms with Crippen molar-refractivity contribution in [1.29, 1.82) is 0 Å². The summed E-state index contributed by atoms with van der Waals surface area (Å²) < 4.78 is 1.72.